The number of H-pyrrole nitrogens is 1. The smallest absolute Gasteiger partial charge is 0.303 e. The summed E-state index contributed by atoms with van der Waals surface area (Å²) in [5.74, 6) is 2.41. The quantitative estimate of drug-likeness (QED) is 0.796. The number of hydrogen-bond acceptors (Lipinski definition) is 4. The highest BCUT2D eigenvalue weighted by molar-refractivity contribution is 5.81. The summed E-state index contributed by atoms with van der Waals surface area (Å²) in [6, 6.07) is 5.87. The molecular formula is C20H27N3O3. The molecule has 1 aliphatic carbocycles. The summed E-state index contributed by atoms with van der Waals surface area (Å²) in [4.78, 5) is 22.0. The molecule has 2 fully saturated rings. The van der Waals surface area contributed by atoms with Crippen LogP contribution >= 0.6 is 0 Å². The summed E-state index contributed by atoms with van der Waals surface area (Å²) in [5.41, 5.74) is 1.82. The number of aromatic nitrogens is 2. The van der Waals surface area contributed by atoms with Gasteiger partial charge in [0.05, 0.1) is 12.6 Å². The summed E-state index contributed by atoms with van der Waals surface area (Å²) < 4.78 is 5.40. The number of aromatic amines is 1. The minimum absolute atomic E-state index is 0.220. The summed E-state index contributed by atoms with van der Waals surface area (Å²) in [6.45, 7) is 3.17. The minimum atomic E-state index is -0.693. The average Bonchev–Trinajstić information content (AvgIpc) is 3.32. The molecule has 0 bridgehead atoms. The van der Waals surface area contributed by atoms with Crippen LogP contribution in [0.5, 0.6) is 5.75 Å². The molecule has 0 amide bonds. The van der Waals surface area contributed by atoms with Gasteiger partial charge in [0.2, 0.25) is 0 Å². The molecule has 2 N–H and O–H groups in total. The Bertz CT molecular complexity index is 784. The lowest BCUT2D eigenvalue weighted by atomic mass is 9.81. The summed E-state index contributed by atoms with van der Waals surface area (Å²) in [5, 5.41) is 9.30. The largest absolute Gasteiger partial charge is 0.494 e. The van der Waals surface area contributed by atoms with Gasteiger partial charge < -0.3 is 19.7 Å². The van der Waals surface area contributed by atoms with Gasteiger partial charge in [-0.25, -0.2) is 4.98 Å². The molecule has 0 radical (unpaired) electrons. The first-order chi connectivity index (χ1) is 12.6. The van der Waals surface area contributed by atoms with Crippen LogP contribution in [0.3, 0.4) is 0 Å². The van der Waals surface area contributed by atoms with Gasteiger partial charge in [-0.3, -0.25) is 4.79 Å². The van der Waals surface area contributed by atoms with Crippen molar-refractivity contribution in [2.75, 3.05) is 26.7 Å². The Kier molecular flexibility index (Phi) is 4.85. The van der Waals surface area contributed by atoms with Crippen LogP contribution in [-0.4, -0.2) is 52.7 Å². The molecule has 26 heavy (non-hydrogen) atoms. The first-order valence-corrected chi connectivity index (χ1v) is 9.58. The Morgan fingerprint density at radius 3 is 2.92 bits per heavy atom. The van der Waals surface area contributed by atoms with E-state index < -0.39 is 5.97 Å². The van der Waals surface area contributed by atoms with Gasteiger partial charge in [0.1, 0.15) is 17.1 Å². The molecule has 2 aliphatic rings. The molecule has 140 valence electrons. The zero-order valence-corrected chi connectivity index (χ0v) is 15.3. The zero-order valence-electron chi connectivity index (χ0n) is 15.3. The predicted molar refractivity (Wildman–Crippen MR) is 99.4 cm³/mol. The molecule has 1 aromatic carbocycles. The molecule has 2 heterocycles. The number of nitrogens with one attached hydrogen (secondary N) is 1. The van der Waals surface area contributed by atoms with Crippen LogP contribution in [0.4, 0.5) is 0 Å². The van der Waals surface area contributed by atoms with Crippen molar-refractivity contribution < 1.29 is 14.6 Å². The number of benzene rings is 1. The first kappa shape index (κ1) is 17.3. The Hall–Kier alpha value is -2.08. The molecule has 2 atom stereocenters. The normalized spacial score (nSPS) is 24.0. The van der Waals surface area contributed by atoms with E-state index in [1.807, 2.05) is 18.2 Å². The van der Waals surface area contributed by atoms with Gasteiger partial charge in [-0.05, 0) is 55.7 Å². The standard InChI is InChI=1S/C20H27N3O3/c1-26-17-4-2-3-16-20(17)22-18(21-16)9-15-12-23(11-13-5-6-13)8-7-14(15)10-19(24)25/h2-4,13-15H,5-12H2,1H3,(H,21,22)(H,24,25). The second kappa shape index (κ2) is 7.27. The number of para-hydroxylation sites is 1. The highest BCUT2D eigenvalue weighted by Crippen LogP contribution is 2.34. The number of carboxylic acids is 1. The molecule has 1 aliphatic heterocycles. The maximum absolute atomic E-state index is 11.3. The molecule has 1 aromatic heterocycles. The van der Waals surface area contributed by atoms with Gasteiger partial charge in [0, 0.05) is 25.9 Å². The number of carboxylic acid groups (broad SMARTS) is 1. The first-order valence-electron chi connectivity index (χ1n) is 9.58. The number of carbonyl (C=O) groups is 1. The van der Waals surface area contributed by atoms with E-state index in [2.05, 4.69) is 9.88 Å². The Labute approximate surface area is 153 Å². The van der Waals surface area contributed by atoms with E-state index >= 15 is 0 Å². The van der Waals surface area contributed by atoms with Crippen LogP contribution in [0.15, 0.2) is 18.2 Å². The lowest BCUT2D eigenvalue weighted by Crippen LogP contribution is -2.43. The van der Waals surface area contributed by atoms with Crippen LogP contribution in [0, 0.1) is 17.8 Å². The van der Waals surface area contributed by atoms with Gasteiger partial charge in [-0.15, -0.1) is 0 Å². The second-order valence-electron chi connectivity index (χ2n) is 7.85. The van der Waals surface area contributed by atoms with Crippen molar-refractivity contribution >= 4 is 17.0 Å². The topological polar surface area (TPSA) is 78.5 Å². The Morgan fingerprint density at radius 2 is 2.19 bits per heavy atom. The fraction of sp³-hybridized carbons (Fsp3) is 0.600. The maximum Gasteiger partial charge on any atom is 0.303 e. The van der Waals surface area contributed by atoms with Gasteiger partial charge >= 0.3 is 5.97 Å². The number of fused-ring (bicyclic) bond motifs is 1. The number of imidazole rings is 1. The molecule has 4 rings (SSSR count). The molecule has 0 spiro atoms. The van der Waals surface area contributed by atoms with Crippen molar-refractivity contribution in [2.45, 2.75) is 32.1 Å². The van der Waals surface area contributed by atoms with E-state index in [0.29, 0.717) is 5.92 Å². The molecular weight excluding hydrogens is 330 g/mol. The molecule has 6 heteroatoms. The lowest BCUT2D eigenvalue weighted by Gasteiger charge is -2.38. The SMILES string of the molecule is COc1cccc2[nH]c(CC3CN(CC4CC4)CCC3CC(=O)O)nc12. The number of hydrogen-bond donors (Lipinski definition) is 2. The minimum Gasteiger partial charge on any atom is -0.494 e. The Balaban J connectivity index is 1.52. The van der Waals surface area contributed by atoms with Crippen LogP contribution in [0.2, 0.25) is 0 Å². The zero-order chi connectivity index (χ0) is 18.1. The maximum atomic E-state index is 11.3. The average molecular weight is 357 g/mol. The van der Waals surface area contributed by atoms with Gasteiger partial charge in [-0.1, -0.05) is 6.07 Å². The molecule has 2 aromatic rings. The van der Waals surface area contributed by atoms with E-state index in [1.54, 1.807) is 7.11 Å². The van der Waals surface area contributed by atoms with Gasteiger partial charge in [-0.2, -0.15) is 0 Å². The van der Waals surface area contributed by atoms with Crippen molar-refractivity contribution in [3.63, 3.8) is 0 Å². The van der Waals surface area contributed by atoms with Crippen molar-refractivity contribution in [3.8, 4) is 5.75 Å². The molecule has 6 nitrogen and oxygen atoms in total. The van der Waals surface area contributed by atoms with E-state index in [-0.39, 0.29) is 12.3 Å². The third-order valence-electron chi connectivity index (χ3n) is 5.83. The predicted octanol–water partition coefficient (Wildman–Crippen LogP) is 2.94. The third-order valence-corrected chi connectivity index (χ3v) is 5.83. The van der Waals surface area contributed by atoms with Crippen molar-refractivity contribution in [3.05, 3.63) is 24.0 Å². The highest BCUT2D eigenvalue weighted by Gasteiger charge is 2.34. The fourth-order valence-electron chi connectivity index (χ4n) is 4.28. The molecule has 1 saturated heterocycles. The van der Waals surface area contributed by atoms with Crippen molar-refractivity contribution in [1.29, 1.82) is 0 Å². The number of nitrogens with zero attached hydrogens (tertiary/aromatic N) is 2. The number of rotatable bonds is 7. The van der Waals surface area contributed by atoms with Crippen molar-refractivity contribution in [1.82, 2.24) is 14.9 Å². The number of aliphatic carboxylic acids is 1. The number of likely N-dealkylation sites (tertiary alicyclic amines) is 1. The number of piperidine rings is 1. The second-order valence-corrected chi connectivity index (χ2v) is 7.85. The third kappa shape index (κ3) is 3.85. The molecule has 2 unspecified atom stereocenters. The summed E-state index contributed by atoms with van der Waals surface area (Å²) in [6.07, 6.45) is 4.71. The van der Waals surface area contributed by atoms with E-state index in [4.69, 9.17) is 9.72 Å². The summed E-state index contributed by atoms with van der Waals surface area (Å²) in [7, 11) is 1.66. The van der Waals surface area contributed by atoms with Crippen LogP contribution < -0.4 is 4.74 Å². The summed E-state index contributed by atoms with van der Waals surface area (Å²) >= 11 is 0. The lowest BCUT2D eigenvalue weighted by molar-refractivity contribution is -0.139. The van der Waals surface area contributed by atoms with Gasteiger partial charge in [0.25, 0.3) is 0 Å². The van der Waals surface area contributed by atoms with E-state index in [0.717, 1.165) is 54.5 Å². The molecule has 1 saturated carbocycles. The highest BCUT2D eigenvalue weighted by atomic mass is 16.5. The van der Waals surface area contributed by atoms with Crippen LogP contribution in [0.1, 0.15) is 31.5 Å². The van der Waals surface area contributed by atoms with Gasteiger partial charge in [0.15, 0.2) is 0 Å². The fourth-order valence-corrected chi connectivity index (χ4v) is 4.28. The van der Waals surface area contributed by atoms with Crippen LogP contribution in [0.25, 0.3) is 11.0 Å². The van der Waals surface area contributed by atoms with Crippen LogP contribution in [-0.2, 0) is 11.2 Å². The van der Waals surface area contributed by atoms with Crippen molar-refractivity contribution in [2.24, 2.45) is 17.8 Å². The van der Waals surface area contributed by atoms with E-state index in [1.165, 1.54) is 19.4 Å². The number of ether oxygens (including phenoxy) is 1. The van der Waals surface area contributed by atoms with E-state index in [9.17, 15) is 9.90 Å². The number of methoxy groups -OCH3 is 1. The Morgan fingerprint density at radius 1 is 1.35 bits per heavy atom. The monoisotopic (exact) mass is 357 g/mol.